The first-order valence-corrected chi connectivity index (χ1v) is 6.77. The van der Waals surface area contributed by atoms with Gasteiger partial charge in [-0.2, -0.15) is 13.2 Å². The molecule has 114 valence electrons. The molecule has 1 aromatic carbocycles. The first-order chi connectivity index (χ1) is 9.40. The van der Waals surface area contributed by atoms with Crippen molar-refractivity contribution >= 4 is 0 Å². The van der Waals surface area contributed by atoms with Gasteiger partial charge in [0.05, 0.1) is 6.61 Å². The van der Waals surface area contributed by atoms with Crippen LogP contribution < -0.4 is 5.32 Å². The molecule has 1 N–H and O–H groups in total. The van der Waals surface area contributed by atoms with Crippen LogP contribution >= 0.6 is 0 Å². The second-order valence-corrected chi connectivity index (χ2v) is 5.04. The first kappa shape index (κ1) is 17.0. The van der Waals surface area contributed by atoms with E-state index in [0.29, 0.717) is 19.6 Å². The van der Waals surface area contributed by atoms with Crippen LogP contribution in [0.15, 0.2) is 24.3 Å². The maximum atomic E-state index is 12.0. The quantitative estimate of drug-likeness (QED) is 0.779. The molecular formula is C15H22F3NO. The van der Waals surface area contributed by atoms with Crippen molar-refractivity contribution in [3.8, 4) is 0 Å². The molecule has 0 radical (unpaired) electrons. The molecule has 0 fully saturated rings. The molecule has 0 spiro atoms. The van der Waals surface area contributed by atoms with Gasteiger partial charge in [-0.25, -0.2) is 0 Å². The number of benzene rings is 1. The molecule has 0 saturated heterocycles. The van der Waals surface area contributed by atoms with Gasteiger partial charge in [-0.3, -0.25) is 0 Å². The highest BCUT2D eigenvalue weighted by molar-refractivity contribution is 5.22. The standard InChI is InChI=1S/C15H22F3NO/c1-12(5-4-8-15(16,17)18)19-10-13-6-3-7-14(9-13)11-20-2/h3,6-7,9,12,19H,4-5,8,10-11H2,1-2H3. The minimum atomic E-state index is -4.05. The minimum absolute atomic E-state index is 0.0726. The van der Waals surface area contributed by atoms with E-state index in [4.69, 9.17) is 4.74 Å². The monoisotopic (exact) mass is 289 g/mol. The average molecular weight is 289 g/mol. The molecule has 0 heterocycles. The molecule has 20 heavy (non-hydrogen) atoms. The second kappa shape index (κ2) is 8.27. The smallest absolute Gasteiger partial charge is 0.380 e. The normalized spacial score (nSPS) is 13.4. The Morgan fingerprint density at radius 2 is 1.95 bits per heavy atom. The Hall–Kier alpha value is -1.07. The van der Waals surface area contributed by atoms with Gasteiger partial charge in [0, 0.05) is 26.1 Å². The van der Waals surface area contributed by atoms with Crippen LogP contribution in [-0.2, 0) is 17.9 Å². The number of ether oxygens (including phenoxy) is 1. The van der Waals surface area contributed by atoms with Crippen molar-refractivity contribution in [2.45, 2.75) is 51.6 Å². The Bertz CT molecular complexity index is 393. The van der Waals surface area contributed by atoms with Crippen molar-refractivity contribution in [2.75, 3.05) is 7.11 Å². The van der Waals surface area contributed by atoms with Gasteiger partial charge in [0.15, 0.2) is 0 Å². The maximum Gasteiger partial charge on any atom is 0.389 e. The highest BCUT2D eigenvalue weighted by Crippen LogP contribution is 2.22. The summed E-state index contributed by atoms with van der Waals surface area (Å²) in [5, 5.41) is 3.25. The molecule has 1 rings (SSSR count). The van der Waals surface area contributed by atoms with Gasteiger partial charge in [-0.15, -0.1) is 0 Å². The molecule has 5 heteroatoms. The van der Waals surface area contributed by atoms with E-state index in [1.165, 1.54) is 0 Å². The number of halogens is 3. The Morgan fingerprint density at radius 3 is 2.60 bits per heavy atom. The second-order valence-electron chi connectivity index (χ2n) is 5.04. The Labute approximate surface area is 118 Å². The van der Waals surface area contributed by atoms with Gasteiger partial charge in [-0.05, 0) is 30.9 Å². The zero-order valence-corrected chi connectivity index (χ0v) is 12.0. The minimum Gasteiger partial charge on any atom is -0.380 e. The van der Waals surface area contributed by atoms with E-state index in [1.807, 2.05) is 31.2 Å². The van der Waals surface area contributed by atoms with Crippen LogP contribution in [0, 0.1) is 0 Å². The predicted molar refractivity (Wildman–Crippen MR) is 73.4 cm³/mol. The van der Waals surface area contributed by atoms with Crippen LogP contribution in [0.25, 0.3) is 0 Å². The number of methoxy groups -OCH3 is 1. The Balaban J connectivity index is 2.30. The van der Waals surface area contributed by atoms with Gasteiger partial charge in [-0.1, -0.05) is 24.3 Å². The van der Waals surface area contributed by atoms with E-state index in [2.05, 4.69) is 5.32 Å². The van der Waals surface area contributed by atoms with Crippen LogP contribution in [-0.4, -0.2) is 19.3 Å². The summed E-state index contributed by atoms with van der Waals surface area (Å²) < 4.78 is 41.2. The number of rotatable bonds is 8. The fourth-order valence-electron chi connectivity index (χ4n) is 2.00. The van der Waals surface area contributed by atoms with Crippen molar-refractivity contribution in [3.63, 3.8) is 0 Å². The van der Waals surface area contributed by atoms with Crippen molar-refractivity contribution in [2.24, 2.45) is 0 Å². The van der Waals surface area contributed by atoms with E-state index >= 15 is 0 Å². The summed E-state index contributed by atoms with van der Waals surface area (Å²) in [4.78, 5) is 0. The van der Waals surface area contributed by atoms with E-state index < -0.39 is 12.6 Å². The van der Waals surface area contributed by atoms with E-state index in [9.17, 15) is 13.2 Å². The molecule has 0 aromatic heterocycles. The van der Waals surface area contributed by atoms with Crippen molar-refractivity contribution in [1.82, 2.24) is 5.32 Å². The number of hydrogen-bond acceptors (Lipinski definition) is 2. The molecular weight excluding hydrogens is 267 g/mol. The SMILES string of the molecule is COCc1cccc(CNC(C)CCCC(F)(F)F)c1. The van der Waals surface area contributed by atoms with Gasteiger partial charge < -0.3 is 10.1 Å². The molecule has 0 aliphatic rings. The van der Waals surface area contributed by atoms with Gasteiger partial charge in [0.25, 0.3) is 0 Å². The molecule has 1 atom stereocenters. The molecule has 1 unspecified atom stereocenters. The Morgan fingerprint density at radius 1 is 1.25 bits per heavy atom. The van der Waals surface area contributed by atoms with E-state index in [-0.39, 0.29) is 12.5 Å². The third kappa shape index (κ3) is 7.50. The zero-order valence-electron chi connectivity index (χ0n) is 12.0. The fraction of sp³-hybridized carbons (Fsp3) is 0.600. The van der Waals surface area contributed by atoms with Crippen LogP contribution in [0.4, 0.5) is 13.2 Å². The van der Waals surface area contributed by atoms with Crippen molar-refractivity contribution in [3.05, 3.63) is 35.4 Å². The van der Waals surface area contributed by atoms with Crippen LogP contribution in [0.2, 0.25) is 0 Å². The zero-order chi connectivity index (χ0) is 15.0. The van der Waals surface area contributed by atoms with Crippen LogP contribution in [0.1, 0.15) is 37.3 Å². The number of alkyl halides is 3. The van der Waals surface area contributed by atoms with Crippen LogP contribution in [0.5, 0.6) is 0 Å². The summed E-state index contributed by atoms with van der Waals surface area (Å²) in [6, 6.07) is 8.05. The third-order valence-corrected chi connectivity index (χ3v) is 3.05. The molecule has 0 aliphatic heterocycles. The molecule has 0 saturated carbocycles. The summed E-state index contributed by atoms with van der Waals surface area (Å²) >= 11 is 0. The molecule has 0 aliphatic carbocycles. The summed E-state index contributed by atoms with van der Waals surface area (Å²) in [6.07, 6.45) is -4.06. The summed E-state index contributed by atoms with van der Waals surface area (Å²) in [7, 11) is 1.65. The summed E-state index contributed by atoms with van der Waals surface area (Å²) in [5.41, 5.74) is 2.21. The van der Waals surface area contributed by atoms with Crippen molar-refractivity contribution < 1.29 is 17.9 Å². The molecule has 2 nitrogen and oxygen atoms in total. The molecule has 1 aromatic rings. The number of nitrogens with one attached hydrogen (secondary N) is 1. The summed E-state index contributed by atoms with van der Waals surface area (Å²) in [5.74, 6) is 0. The van der Waals surface area contributed by atoms with E-state index in [0.717, 1.165) is 11.1 Å². The Kier molecular flexibility index (Phi) is 7.02. The number of hydrogen-bond donors (Lipinski definition) is 1. The highest BCUT2D eigenvalue weighted by atomic mass is 19.4. The largest absolute Gasteiger partial charge is 0.389 e. The van der Waals surface area contributed by atoms with Gasteiger partial charge in [0.2, 0.25) is 0 Å². The lowest BCUT2D eigenvalue weighted by Gasteiger charge is -2.15. The van der Waals surface area contributed by atoms with Gasteiger partial charge >= 0.3 is 6.18 Å². The van der Waals surface area contributed by atoms with Crippen LogP contribution in [0.3, 0.4) is 0 Å². The molecule has 0 amide bonds. The lowest BCUT2D eigenvalue weighted by molar-refractivity contribution is -0.135. The highest BCUT2D eigenvalue weighted by Gasteiger charge is 2.26. The topological polar surface area (TPSA) is 21.3 Å². The summed E-state index contributed by atoms with van der Waals surface area (Å²) in [6.45, 7) is 3.13. The molecule has 0 bridgehead atoms. The van der Waals surface area contributed by atoms with E-state index in [1.54, 1.807) is 7.11 Å². The average Bonchev–Trinajstić information content (AvgIpc) is 2.36. The van der Waals surface area contributed by atoms with Gasteiger partial charge in [0.1, 0.15) is 0 Å². The third-order valence-electron chi connectivity index (χ3n) is 3.05. The first-order valence-electron chi connectivity index (χ1n) is 6.77. The van der Waals surface area contributed by atoms with Crippen molar-refractivity contribution in [1.29, 1.82) is 0 Å². The fourth-order valence-corrected chi connectivity index (χ4v) is 2.00. The lowest BCUT2D eigenvalue weighted by atomic mass is 10.1. The lowest BCUT2D eigenvalue weighted by Crippen LogP contribution is -2.25. The predicted octanol–water partition coefficient (Wildman–Crippen LogP) is 4.04. The maximum absolute atomic E-state index is 12.0.